The molecule has 1 fully saturated rings. The molecule has 3 rings (SSSR count). The Labute approximate surface area is 129 Å². The normalized spacial score (nSPS) is 19.0. The van der Waals surface area contributed by atoms with Gasteiger partial charge in [-0.1, -0.05) is 6.92 Å². The van der Waals surface area contributed by atoms with E-state index in [2.05, 4.69) is 18.1 Å². The number of carbonyl (C=O) groups excluding carboxylic acids is 1. The zero-order valence-corrected chi connectivity index (χ0v) is 13.6. The Morgan fingerprint density at radius 2 is 2.24 bits per heavy atom. The van der Waals surface area contributed by atoms with Crippen LogP contribution in [-0.2, 0) is 7.05 Å². The van der Waals surface area contributed by atoms with Gasteiger partial charge in [0, 0.05) is 25.8 Å². The van der Waals surface area contributed by atoms with Crippen LogP contribution in [0.2, 0.25) is 0 Å². The van der Waals surface area contributed by atoms with Crippen molar-refractivity contribution in [1.29, 1.82) is 0 Å². The third kappa shape index (κ3) is 2.88. The molecule has 21 heavy (non-hydrogen) atoms. The van der Waals surface area contributed by atoms with Crippen molar-refractivity contribution in [3.8, 4) is 10.6 Å². The SMILES string of the molecule is Cc1cc(-c2ccc(C(=O)N3CCC[C@H](C)C3)s2)nn1C. The molecule has 0 bridgehead atoms. The van der Waals surface area contributed by atoms with Crippen molar-refractivity contribution in [1.82, 2.24) is 14.7 Å². The summed E-state index contributed by atoms with van der Waals surface area (Å²) in [7, 11) is 1.94. The summed E-state index contributed by atoms with van der Waals surface area (Å²) < 4.78 is 1.86. The van der Waals surface area contributed by atoms with Crippen LogP contribution in [0.25, 0.3) is 10.6 Å². The Balaban J connectivity index is 1.79. The Kier molecular flexibility index (Phi) is 3.85. The summed E-state index contributed by atoms with van der Waals surface area (Å²) in [5.74, 6) is 0.783. The summed E-state index contributed by atoms with van der Waals surface area (Å²) in [5.41, 5.74) is 2.07. The molecule has 0 spiro atoms. The Morgan fingerprint density at radius 1 is 1.43 bits per heavy atom. The number of aromatic nitrogens is 2. The summed E-state index contributed by atoms with van der Waals surface area (Å²) in [6.45, 7) is 6.02. The number of nitrogens with zero attached hydrogens (tertiary/aromatic N) is 3. The molecule has 2 aromatic heterocycles. The van der Waals surface area contributed by atoms with Crippen molar-refractivity contribution in [3.05, 3.63) is 28.8 Å². The molecule has 0 unspecified atom stereocenters. The van der Waals surface area contributed by atoms with Gasteiger partial charge in [-0.3, -0.25) is 9.48 Å². The summed E-state index contributed by atoms with van der Waals surface area (Å²) >= 11 is 1.54. The van der Waals surface area contributed by atoms with E-state index in [0.717, 1.165) is 40.7 Å². The number of hydrogen-bond donors (Lipinski definition) is 0. The van der Waals surface area contributed by atoms with Gasteiger partial charge in [-0.05, 0) is 43.9 Å². The van der Waals surface area contributed by atoms with Gasteiger partial charge < -0.3 is 4.90 Å². The minimum Gasteiger partial charge on any atom is -0.338 e. The number of likely N-dealkylation sites (tertiary alicyclic amines) is 1. The second-order valence-corrected chi connectivity index (χ2v) is 7.04. The van der Waals surface area contributed by atoms with Crippen LogP contribution in [0.5, 0.6) is 0 Å². The minimum absolute atomic E-state index is 0.172. The van der Waals surface area contributed by atoms with Crippen LogP contribution in [0.3, 0.4) is 0 Å². The van der Waals surface area contributed by atoms with Crippen LogP contribution in [0.15, 0.2) is 18.2 Å². The first-order chi connectivity index (χ1) is 10.0. The lowest BCUT2D eigenvalue weighted by atomic mass is 10.0. The second kappa shape index (κ2) is 5.64. The quantitative estimate of drug-likeness (QED) is 0.853. The zero-order valence-electron chi connectivity index (χ0n) is 12.8. The summed E-state index contributed by atoms with van der Waals surface area (Å²) in [6.07, 6.45) is 2.34. The number of piperidine rings is 1. The standard InChI is InChI=1S/C16H21N3OS/c1-11-5-4-8-19(10-11)16(20)15-7-6-14(21-15)13-9-12(2)18(3)17-13/h6-7,9,11H,4-5,8,10H2,1-3H3/t11-/m0/s1. The molecule has 0 N–H and O–H groups in total. The van der Waals surface area contributed by atoms with Crippen LogP contribution in [0.1, 0.15) is 35.1 Å². The second-order valence-electron chi connectivity index (χ2n) is 5.96. The molecule has 1 atom stereocenters. The molecule has 0 saturated carbocycles. The highest BCUT2D eigenvalue weighted by molar-refractivity contribution is 7.17. The third-order valence-electron chi connectivity index (χ3n) is 4.13. The van der Waals surface area contributed by atoms with E-state index in [4.69, 9.17) is 0 Å². The van der Waals surface area contributed by atoms with Crippen molar-refractivity contribution in [2.24, 2.45) is 13.0 Å². The van der Waals surface area contributed by atoms with E-state index in [-0.39, 0.29) is 5.91 Å². The lowest BCUT2D eigenvalue weighted by Gasteiger charge is -2.30. The molecular formula is C16H21N3OS. The van der Waals surface area contributed by atoms with Crippen LogP contribution in [-0.4, -0.2) is 33.7 Å². The fourth-order valence-electron chi connectivity index (χ4n) is 2.80. The van der Waals surface area contributed by atoms with Gasteiger partial charge in [0.1, 0.15) is 5.69 Å². The predicted molar refractivity (Wildman–Crippen MR) is 85.6 cm³/mol. The molecular weight excluding hydrogens is 282 g/mol. The van der Waals surface area contributed by atoms with Crippen LogP contribution in [0, 0.1) is 12.8 Å². The Hall–Kier alpha value is -1.62. The first kappa shape index (κ1) is 14.3. The van der Waals surface area contributed by atoms with E-state index >= 15 is 0 Å². The average molecular weight is 303 g/mol. The first-order valence-electron chi connectivity index (χ1n) is 7.44. The fourth-order valence-corrected chi connectivity index (χ4v) is 3.73. The molecule has 1 saturated heterocycles. The van der Waals surface area contributed by atoms with Crippen molar-refractivity contribution < 1.29 is 4.79 Å². The maximum Gasteiger partial charge on any atom is 0.263 e. The zero-order chi connectivity index (χ0) is 15.0. The third-order valence-corrected chi connectivity index (χ3v) is 5.22. The van der Waals surface area contributed by atoms with Gasteiger partial charge in [0.05, 0.1) is 9.75 Å². The van der Waals surface area contributed by atoms with Gasteiger partial charge in [0.2, 0.25) is 0 Å². The number of rotatable bonds is 2. The highest BCUT2D eigenvalue weighted by atomic mass is 32.1. The maximum absolute atomic E-state index is 12.6. The fraction of sp³-hybridized carbons (Fsp3) is 0.500. The van der Waals surface area contributed by atoms with Gasteiger partial charge in [0.15, 0.2) is 0 Å². The molecule has 3 heterocycles. The van der Waals surface area contributed by atoms with E-state index in [9.17, 15) is 4.79 Å². The van der Waals surface area contributed by atoms with Gasteiger partial charge in [-0.15, -0.1) is 11.3 Å². The average Bonchev–Trinajstić information content (AvgIpc) is 3.06. The number of carbonyl (C=O) groups is 1. The van der Waals surface area contributed by atoms with Gasteiger partial charge in [-0.2, -0.15) is 5.10 Å². The van der Waals surface area contributed by atoms with E-state index in [0.29, 0.717) is 5.92 Å². The molecule has 2 aromatic rings. The smallest absolute Gasteiger partial charge is 0.263 e. The molecule has 0 aliphatic carbocycles. The van der Waals surface area contributed by atoms with Gasteiger partial charge >= 0.3 is 0 Å². The van der Waals surface area contributed by atoms with Crippen LogP contribution < -0.4 is 0 Å². The molecule has 0 radical (unpaired) electrons. The largest absolute Gasteiger partial charge is 0.338 e. The number of hydrogen-bond acceptors (Lipinski definition) is 3. The Morgan fingerprint density at radius 3 is 2.90 bits per heavy atom. The van der Waals surface area contributed by atoms with Gasteiger partial charge in [0.25, 0.3) is 5.91 Å². The van der Waals surface area contributed by atoms with Gasteiger partial charge in [-0.25, -0.2) is 0 Å². The van der Waals surface area contributed by atoms with Crippen molar-refractivity contribution >= 4 is 17.2 Å². The molecule has 1 aliphatic heterocycles. The molecule has 5 heteroatoms. The van der Waals surface area contributed by atoms with Crippen LogP contribution >= 0.6 is 11.3 Å². The van der Waals surface area contributed by atoms with E-state index < -0.39 is 0 Å². The topological polar surface area (TPSA) is 38.1 Å². The van der Waals surface area contributed by atoms with Crippen LogP contribution in [0.4, 0.5) is 0 Å². The van der Waals surface area contributed by atoms with E-state index in [1.807, 2.05) is 35.7 Å². The molecule has 112 valence electrons. The summed E-state index contributed by atoms with van der Waals surface area (Å²) in [4.78, 5) is 16.5. The van der Waals surface area contributed by atoms with E-state index in [1.54, 1.807) is 11.3 Å². The van der Waals surface area contributed by atoms with E-state index in [1.165, 1.54) is 6.42 Å². The van der Waals surface area contributed by atoms with Crippen molar-refractivity contribution in [2.75, 3.05) is 13.1 Å². The number of amides is 1. The predicted octanol–water partition coefficient (Wildman–Crippen LogP) is 3.33. The highest BCUT2D eigenvalue weighted by Crippen LogP contribution is 2.29. The highest BCUT2D eigenvalue weighted by Gasteiger charge is 2.23. The van der Waals surface area contributed by atoms with Crippen molar-refractivity contribution in [3.63, 3.8) is 0 Å². The molecule has 1 aliphatic rings. The monoisotopic (exact) mass is 303 g/mol. The Bertz CT molecular complexity index is 639. The summed E-state index contributed by atoms with van der Waals surface area (Å²) in [5, 5.41) is 4.48. The molecule has 1 amide bonds. The summed E-state index contributed by atoms with van der Waals surface area (Å²) in [6, 6.07) is 6.00. The first-order valence-corrected chi connectivity index (χ1v) is 8.26. The molecule has 0 aromatic carbocycles. The minimum atomic E-state index is 0.172. The number of thiophene rings is 1. The number of aryl methyl sites for hydroxylation is 2. The lowest BCUT2D eigenvalue weighted by molar-refractivity contribution is 0.0688. The molecule has 4 nitrogen and oxygen atoms in total. The lowest BCUT2D eigenvalue weighted by Crippen LogP contribution is -2.38. The van der Waals surface area contributed by atoms with Crippen molar-refractivity contribution in [2.45, 2.75) is 26.7 Å². The maximum atomic E-state index is 12.6.